The predicted molar refractivity (Wildman–Crippen MR) is 78.7 cm³/mol. The highest BCUT2D eigenvalue weighted by Crippen LogP contribution is 2.13. The first-order chi connectivity index (χ1) is 10.1. The first-order valence-corrected chi connectivity index (χ1v) is 6.85. The number of carbonyl (C=O) groups is 2. The zero-order chi connectivity index (χ0) is 15.2. The topological polar surface area (TPSA) is 80.6 Å². The molecule has 2 aromatic rings. The monoisotopic (exact) mass is 352 g/mol. The van der Waals surface area contributed by atoms with E-state index in [0.29, 0.717) is 4.67 Å². The van der Waals surface area contributed by atoms with Crippen LogP contribution in [0.15, 0.2) is 45.5 Å². The van der Waals surface area contributed by atoms with Crippen LogP contribution < -0.4 is 15.6 Å². The largest absolute Gasteiger partial charge is 0.497 e. The molecule has 0 unspecified atom stereocenters. The molecule has 7 heteroatoms. The SMILES string of the molecule is COc1ccc(CC(=O)NNC(=O)c2ccc(Br)o2)cc1. The Kier molecular flexibility index (Phi) is 4.99. The number of hydrogen-bond donors (Lipinski definition) is 2. The maximum Gasteiger partial charge on any atom is 0.305 e. The molecule has 21 heavy (non-hydrogen) atoms. The van der Waals surface area contributed by atoms with Crippen molar-refractivity contribution in [3.63, 3.8) is 0 Å². The average molecular weight is 353 g/mol. The number of amides is 2. The highest BCUT2D eigenvalue weighted by molar-refractivity contribution is 9.10. The van der Waals surface area contributed by atoms with Crippen LogP contribution in [0.25, 0.3) is 0 Å². The first-order valence-electron chi connectivity index (χ1n) is 6.06. The van der Waals surface area contributed by atoms with Gasteiger partial charge in [-0.1, -0.05) is 12.1 Å². The molecule has 0 aliphatic rings. The summed E-state index contributed by atoms with van der Waals surface area (Å²) in [6.45, 7) is 0. The van der Waals surface area contributed by atoms with Crippen LogP contribution >= 0.6 is 15.9 Å². The molecule has 0 fully saturated rings. The fourth-order valence-electron chi connectivity index (χ4n) is 1.60. The fourth-order valence-corrected chi connectivity index (χ4v) is 1.90. The summed E-state index contributed by atoms with van der Waals surface area (Å²) in [6, 6.07) is 10.2. The van der Waals surface area contributed by atoms with E-state index in [4.69, 9.17) is 9.15 Å². The Morgan fingerprint density at radius 2 is 1.86 bits per heavy atom. The minimum Gasteiger partial charge on any atom is -0.497 e. The molecule has 110 valence electrons. The summed E-state index contributed by atoms with van der Waals surface area (Å²) in [5.74, 6) is -0.0367. The number of carbonyl (C=O) groups excluding carboxylic acids is 2. The van der Waals surface area contributed by atoms with Crippen molar-refractivity contribution in [2.75, 3.05) is 7.11 Å². The average Bonchev–Trinajstić information content (AvgIpc) is 2.92. The van der Waals surface area contributed by atoms with Crippen LogP contribution in [0.1, 0.15) is 16.1 Å². The third-order valence-corrected chi connectivity index (χ3v) is 3.06. The van der Waals surface area contributed by atoms with E-state index >= 15 is 0 Å². The Bertz CT molecular complexity index is 637. The van der Waals surface area contributed by atoms with E-state index in [2.05, 4.69) is 26.8 Å². The molecule has 1 heterocycles. The Morgan fingerprint density at radius 1 is 1.14 bits per heavy atom. The number of methoxy groups -OCH3 is 1. The molecule has 0 aliphatic heterocycles. The number of rotatable bonds is 4. The van der Waals surface area contributed by atoms with Gasteiger partial charge in [0.2, 0.25) is 5.91 Å². The lowest BCUT2D eigenvalue weighted by Crippen LogP contribution is -2.42. The zero-order valence-electron chi connectivity index (χ0n) is 11.2. The van der Waals surface area contributed by atoms with Gasteiger partial charge in [0.05, 0.1) is 13.5 Å². The van der Waals surface area contributed by atoms with Gasteiger partial charge >= 0.3 is 5.91 Å². The molecule has 0 radical (unpaired) electrons. The van der Waals surface area contributed by atoms with Crippen molar-refractivity contribution < 1.29 is 18.7 Å². The molecular formula is C14H13BrN2O4. The van der Waals surface area contributed by atoms with Gasteiger partial charge in [-0.25, -0.2) is 0 Å². The van der Waals surface area contributed by atoms with Crippen molar-refractivity contribution in [2.24, 2.45) is 0 Å². The molecule has 0 atom stereocenters. The number of halogens is 1. The van der Waals surface area contributed by atoms with Gasteiger partial charge in [0.25, 0.3) is 0 Å². The van der Waals surface area contributed by atoms with Gasteiger partial charge in [-0.05, 0) is 45.8 Å². The summed E-state index contributed by atoms with van der Waals surface area (Å²) in [7, 11) is 1.57. The van der Waals surface area contributed by atoms with E-state index in [9.17, 15) is 9.59 Å². The molecule has 6 nitrogen and oxygen atoms in total. The number of hydrazine groups is 1. The molecule has 0 aliphatic carbocycles. The summed E-state index contributed by atoms with van der Waals surface area (Å²) in [5, 5.41) is 0. The number of nitrogens with one attached hydrogen (secondary N) is 2. The number of furan rings is 1. The van der Waals surface area contributed by atoms with E-state index in [0.717, 1.165) is 11.3 Å². The van der Waals surface area contributed by atoms with Crippen LogP contribution in [-0.2, 0) is 11.2 Å². The normalized spacial score (nSPS) is 10.0. The van der Waals surface area contributed by atoms with E-state index in [1.54, 1.807) is 37.4 Å². The molecule has 0 saturated heterocycles. The lowest BCUT2D eigenvalue weighted by molar-refractivity contribution is -0.121. The summed E-state index contributed by atoms with van der Waals surface area (Å²) in [6.07, 6.45) is 0.145. The van der Waals surface area contributed by atoms with Crippen molar-refractivity contribution in [2.45, 2.75) is 6.42 Å². The molecular weight excluding hydrogens is 340 g/mol. The number of hydrogen-bond acceptors (Lipinski definition) is 4. The number of benzene rings is 1. The second kappa shape index (κ2) is 6.94. The Labute approximate surface area is 129 Å². The van der Waals surface area contributed by atoms with Crippen molar-refractivity contribution in [3.05, 3.63) is 52.4 Å². The first kappa shape index (κ1) is 15.1. The summed E-state index contributed by atoms with van der Waals surface area (Å²) in [5.41, 5.74) is 5.41. The van der Waals surface area contributed by atoms with Gasteiger partial charge in [0, 0.05) is 0 Å². The van der Waals surface area contributed by atoms with E-state index in [-0.39, 0.29) is 18.1 Å². The van der Waals surface area contributed by atoms with Crippen molar-refractivity contribution >= 4 is 27.7 Å². The fraction of sp³-hybridized carbons (Fsp3) is 0.143. The zero-order valence-corrected chi connectivity index (χ0v) is 12.8. The van der Waals surface area contributed by atoms with Gasteiger partial charge in [-0.15, -0.1) is 0 Å². The van der Waals surface area contributed by atoms with Crippen LogP contribution in [0, 0.1) is 0 Å². The smallest absolute Gasteiger partial charge is 0.305 e. The van der Waals surface area contributed by atoms with Gasteiger partial charge in [-0.3, -0.25) is 20.4 Å². The quantitative estimate of drug-likeness (QED) is 0.825. The second-order valence-electron chi connectivity index (χ2n) is 4.13. The van der Waals surface area contributed by atoms with Gasteiger partial charge in [0.1, 0.15) is 5.75 Å². The summed E-state index contributed by atoms with van der Waals surface area (Å²) in [4.78, 5) is 23.4. The highest BCUT2D eigenvalue weighted by atomic mass is 79.9. The predicted octanol–water partition coefficient (Wildman–Crippen LogP) is 2.05. The van der Waals surface area contributed by atoms with E-state index in [1.807, 2.05) is 0 Å². The van der Waals surface area contributed by atoms with Crippen LogP contribution in [0.2, 0.25) is 0 Å². The van der Waals surface area contributed by atoms with Crippen molar-refractivity contribution in [1.82, 2.24) is 10.9 Å². The van der Waals surface area contributed by atoms with Crippen LogP contribution in [-0.4, -0.2) is 18.9 Å². The molecule has 2 N–H and O–H groups in total. The molecule has 0 saturated carbocycles. The molecule has 2 amide bonds. The van der Waals surface area contributed by atoms with E-state index in [1.165, 1.54) is 6.07 Å². The van der Waals surface area contributed by atoms with Crippen molar-refractivity contribution in [1.29, 1.82) is 0 Å². The minimum atomic E-state index is -0.524. The Hall–Kier alpha value is -2.28. The Balaban J connectivity index is 1.82. The van der Waals surface area contributed by atoms with Gasteiger partial charge in [0.15, 0.2) is 10.4 Å². The maximum absolute atomic E-state index is 11.7. The van der Waals surface area contributed by atoms with Gasteiger partial charge in [-0.2, -0.15) is 0 Å². The van der Waals surface area contributed by atoms with Crippen molar-refractivity contribution in [3.8, 4) is 5.75 Å². The maximum atomic E-state index is 11.7. The van der Waals surface area contributed by atoms with Crippen LogP contribution in [0.5, 0.6) is 5.75 Å². The molecule has 2 rings (SSSR count). The minimum absolute atomic E-state index is 0.103. The molecule has 0 spiro atoms. The molecule has 1 aromatic heterocycles. The lowest BCUT2D eigenvalue weighted by atomic mass is 10.1. The van der Waals surface area contributed by atoms with E-state index < -0.39 is 5.91 Å². The third kappa shape index (κ3) is 4.35. The Morgan fingerprint density at radius 3 is 2.43 bits per heavy atom. The summed E-state index contributed by atoms with van der Waals surface area (Å²) < 4.78 is 10.5. The third-order valence-electron chi connectivity index (χ3n) is 2.64. The summed E-state index contributed by atoms with van der Waals surface area (Å²) >= 11 is 3.09. The highest BCUT2D eigenvalue weighted by Gasteiger charge is 2.11. The lowest BCUT2D eigenvalue weighted by Gasteiger charge is -2.06. The number of ether oxygens (including phenoxy) is 1. The molecule has 0 bridgehead atoms. The molecule has 1 aromatic carbocycles. The van der Waals surface area contributed by atoms with Crippen LogP contribution in [0.4, 0.5) is 0 Å². The van der Waals surface area contributed by atoms with Crippen LogP contribution in [0.3, 0.4) is 0 Å². The van der Waals surface area contributed by atoms with Gasteiger partial charge < -0.3 is 9.15 Å². The standard InChI is InChI=1S/C14H13BrN2O4/c1-20-10-4-2-9(3-5-10)8-13(18)16-17-14(19)11-6-7-12(15)21-11/h2-7H,8H2,1H3,(H,16,18)(H,17,19). The second-order valence-corrected chi connectivity index (χ2v) is 4.91.